The first kappa shape index (κ1) is 11.7. The molecule has 3 N–H and O–H groups in total. The molecule has 0 aromatic heterocycles. The fourth-order valence-corrected chi connectivity index (χ4v) is 2.11. The number of hydrogen-bond acceptors (Lipinski definition) is 3. The number of nitrogens with two attached hydrogens (primary N) is 1. The number of rotatable bonds is 2. The monoisotopic (exact) mass is 288 g/mol. The molecular formula is C11H14BrFN2O. The van der Waals surface area contributed by atoms with Crippen molar-refractivity contribution in [1.29, 1.82) is 0 Å². The summed E-state index contributed by atoms with van der Waals surface area (Å²) in [4.78, 5) is 0. The molecule has 88 valence electrons. The van der Waals surface area contributed by atoms with Crippen LogP contribution in [0, 0.1) is 5.82 Å². The van der Waals surface area contributed by atoms with Gasteiger partial charge in [0, 0.05) is 18.7 Å². The summed E-state index contributed by atoms with van der Waals surface area (Å²) in [7, 11) is 0. The Morgan fingerprint density at radius 1 is 1.50 bits per heavy atom. The van der Waals surface area contributed by atoms with Gasteiger partial charge in [0.1, 0.15) is 5.82 Å². The first-order valence-corrected chi connectivity index (χ1v) is 6.05. The lowest BCUT2D eigenvalue weighted by molar-refractivity contribution is 0.0876. The van der Waals surface area contributed by atoms with Crippen LogP contribution in [0.3, 0.4) is 0 Å². The molecule has 0 saturated carbocycles. The average Bonchev–Trinajstić information content (AvgIpc) is 2.27. The second-order valence-electron chi connectivity index (χ2n) is 3.91. The number of ether oxygens (including phenoxy) is 1. The molecule has 1 saturated heterocycles. The summed E-state index contributed by atoms with van der Waals surface area (Å²) in [6.07, 6.45) is 2.09. The van der Waals surface area contributed by atoms with Gasteiger partial charge in [0.2, 0.25) is 0 Å². The maximum atomic E-state index is 13.2. The minimum absolute atomic E-state index is 0.258. The highest BCUT2D eigenvalue weighted by molar-refractivity contribution is 9.10. The van der Waals surface area contributed by atoms with E-state index in [-0.39, 0.29) is 11.9 Å². The van der Waals surface area contributed by atoms with Crippen molar-refractivity contribution in [2.45, 2.75) is 18.9 Å². The van der Waals surface area contributed by atoms with E-state index < -0.39 is 0 Å². The third-order valence-electron chi connectivity index (χ3n) is 2.61. The SMILES string of the molecule is Nc1cc(F)c(Br)cc1NC1CCCOC1. The van der Waals surface area contributed by atoms with Crippen LogP contribution in [0.25, 0.3) is 0 Å². The highest BCUT2D eigenvalue weighted by atomic mass is 79.9. The predicted octanol–water partition coefficient (Wildman–Crippen LogP) is 2.76. The van der Waals surface area contributed by atoms with E-state index >= 15 is 0 Å². The van der Waals surface area contributed by atoms with E-state index in [1.807, 2.05) is 0 Å². The second kappa shape index (κ2) is 5.01. The summed E-state index contributed by atoms with van der Waals surface area (Å²) in [6, 6.07) is 3.24. The van der Waals surface area contributed by atoms with Crippen molar-refractivity contribution in [2.75, 3.05) is 24.3 Å². The van der Waals surface area contributed by atoms with Crippen LogP contribution in [0.15, 0.2) is 16.6 Å². The third-order valence-corrected chi connectivity index (χ3v) is 3.22. The molecule has 1 unspecified atom stereocenters. The van der Waals surface area contributed by atoms with E-state index in [9.17, 15) is 4.39 Å². The topological polar surface area (TPSA) is 47.3 Å². The number of nitrogens with one attached hydrogen (secondary N) is 1. The predicted molar refractivity (Wildman–Crippen MR) is 66.0 cm³/mol. The van der Waals surface area contributed by atoms with Crippen molar-refractivity contribution in [3.05, 3.63) is 22.4 Å². The standard InChI is InChI=1S/C11H14BrFN2O/c12-8-4-11(10(14)5-9(8)13)15-7-2-1-3-16-6-7/h4-5,7,15H,1-3,6,14H2. The molecule has 1 heterocycles. The second-order valence-corrected chi connectivity index (χ2v) is 4.77. The Hall–Kier alpha value is -0.810. The molecule has 1 fully saturated rings. The molecule has 16 heavy (non-hydrogen) atoms. The molecule has 0 aliphatic carbocycles. The molecule has 1 aliphatic heterocycles. The van der Waals surface area contributed by atoms with Gasteiger partial charge in [-0.15, -0.1) is 0 Å². The summed E-state index contributed by atoms with van der Waals surface area (Å²) < 4.78 is 18.9. The molecule has 1 aromatic carbocycles. The first-order valence-electron chi connectivity index (χ1n) is 5.25. The van der Waals surface area contributed by atoms with E-state index in [1.165, 1.54) is 6.07 Å². The van der Waals surface area contributed by atoms with Crippen LogP contribution < -0.4 is 11.1 Å². The molecule has 1 aromatic rings. The molecule has 3 nitrogen and oxygen atoms in total. The highest BCUT2D eigenvalue weighted by Crippen LogP contribution is 2.28. The van der Waals surface area contributed by atoms with Crippen molar-refractivity contribution in [1.82, 2.24) is 0 Å². The van der Waals surface area contributed by atoms with Gasteiger partial charge in [-0.1, -0.05) is 0 Å². The van der Waals surface area contributed by atoms with Gasteiger partial charge in [-0.25, -0.2) is 4.39 Å². The molecule has 0 bridgehead atoms. The Kier molecular flexibility index (Phi) is 3.66. The quantitative estimate of drug-likeness (QED) is 0.823. The van der Waals surface area contributed by atoms with Crippen molar-refractivity contribution < 1.29 is 9.13 Å². The Labute approximate surface area is 102 Å². The Balaban J connectivity index is 2.11. The van der Waals surface area contributed by atoms with Crippen LogP contribution in [0.5, 0.6) is 0 Å². The minimum atomic E-state index is -0.344. The summed E-state index contributed by atoms with van der Waals surface area (Å²) in [5.41, 5.74) is 6.92. The minimum Gasteiger partial charge on any atom is -0.397 e. The summed E-state index contributed by atoms with van der Waals surface area (Å²) in [6.45, 7) is 1.50. The van der Waals surface area contributed by atoms with E-state index in [4.69, 9.17) is 10.5 Å². The molecule has 0 radical (unpaired) electrons. The van der Waals surface area contributed by atoms with Gasteiger partial charge in [-0.2, -0.15) is 0 Å². The Morgan fingerprint density at radius 3 is 3.00 bits per heavy atom. The Bertz CT molecular complexity index is 380. The fraction of sp³-hybridized carbons (Fsp3) is 0.455. The molecular weight excluding hydrogens is 275 g/mol. The lowest BCUT2D eigenvalue weighted by atomic mass is 10.1. The van der Waals surface area contributed by atoms with Gasteiger partial charge in [0.15, 0.2) is 0 Å². The van der Waals surface area contributed by atoms with Gasteiger partial charge < -0.3 is 15.8 Å². The molecule has 1 aliphatic rings. The van der Waals surface area contributed by atoms with Crippen LogP contribution in [0.4, 0.5) is 15.8 Å². The zero-order chi connectivity index (χ0) is 11.5. The first-order chi connectivity index (χ1) is 7.66. The molecule has 2 rings (SSSR count). The molecule has 1 atom stereocenters. The lowest BCUT2D eigenvalue weighted by Crippen LogP contribution is -2.30. The maximum Gasteiger partial charge on any atom is 0.139 e. The van der Waals surface area contributed by atoms with E-state index in [0.29, 0.717) is 16.8 Å². The largest absolute Gasteiger partial charge is 0.397 e. The fourth-order valence-electron chi connectivity index (χ4n) is 1.76. The lowest BCUT2D eigenvalue weighted by Gasteiger charge is -2.25. The number of halogens is 2. The van der Waals surface area contributed by atoms with Gasteiger partial charge in [0.25, 0.3) is 0 Å². The van der Waals surface area contributed by atoms with Crippen LogP contribution in [0.1, 0.15) is 12.8 Å². The van der Waals surface area contributed by atoms with Gasteiger partial charge in [0.05, 0.1) is 22.5 Å². The van der Waals surface area contributed by atoms with Gasteiger partial charge >= 0.3 is 0 Å². The maximum absolute atomic E-state index is 13.2. The highest BCUT2D eigenvalue weighted by Gasteiger charge is 2.15. The molecule has 0 amide bonds. The van der Waals surface area contributed by atoms with Gasteiger partial charge in [-0.3, -0.25) is 0 Å². The van der Waals surface area contributed by atoms with E-state index in [1.54, 1.807) is 6.07 Å². The number of benzene rings is 1. The van der Waals surface area contributed by atoms with Crippen molar-refractivity contribution in [3.63, 3.8) is 0 Å². The van der Waals surface area contributed by atoms with E-state index in [0.717, 1.165) is 25.1 Å². The van der Waals surface area contributed by atoms with Gasteiger partial charge in [-0.05, 0) is 34.8 Å². The van der Waals surface area contributed by atoms with Crippen molar-refractivity contribution in [2.24, 2.45) is 0 Å². The van der Waals surface area contributed by atoms with Crippen LogP contribution in [-0.4, -0.2) is 19.3 Å². The Morgan fingerprint density at radius 2 is 2.31 bits per heavy atom. The number of hydrogen-bond donors (Lipinski definition) is 2. The zero-order valence-electron chi connectivity index (χ0n) is 8.80. The summed E-state index contributed by atoms with van der Waals surface area (Å²) in [5.74, 6) is -0.344. The number of anilines is 2. The van der Waals surface area contributed by atoms with Crippen molar-refractivity contribution >= 4 is 27.3 Å². The molecule has 5 heteroatoms. The third kappa shape index (κ3) is 2.65. The summed E-state index contributed by atoms with van der Waals surface area (Å²) in [5, 5.41) is 3.27. The zero-order valence-corrected chi connectivity index (χ0v) is 10.4. The summed E-state index contributed by atoms with van der Waals surface area (Å²) >= 11 is 3.14. The van der Waals surface area contributed by atoms with Crippen LogP contribution >= 0.6 is 15.9 Å². The van der Waals surface area contributed by atoms with Crippen molar-refractivity contribution in [3.8, 4) is 0 Å². The number of nitrogen functional groups attached to an aromatic ring is 1. The normalized spacial score (nSPS) is 20.8. The molecule has 0 spiro atoms. The average molecular weight is 289 g/mol. The van der Waals surface area contributed by atoms with Crippen LogP contribution in [0.2, 0.25) is 0 Å². The van der Waals surface area contributed by atoms with E-state index in [2.05, 4.69) is 21.2 Å². The van der Waals surface area contributed by atoms with Crippen LogP contribution in [-0.2, 0) is 4.74 Å². The smallest absolute Gasteiger partial charge is 0.139 e.